The number of hydrogen-bond acceptors (Lipinski definition) is 4. The zero-order valence-corrected chi connectivity index (χ0v) is 17.0. The topological polar surface area (TPSA) is 84.8 Å². The first-order valence-corrected chi connectivity index (χ1v) is 9.90. The molecule has 0 aliphatic heterocycles. The van der Waals surface area contributed by atoms with Crippen molar-refractivity contribution in [2.75, 3.05) is 13.7 Å². The third kappa shape index (κ3) is 3.52. The van der Waals surface area contributed by atoms with E-state index in [0.717, 1.165) is 25.0 Å². The van der Waals surface area contributed by atoms with Crippen molar-refractivity contribution < 1.29 is 22.7 Å². The van der Waals surface area contributed by atoms with Crippen molar-refractivity contribution >= 4 is 16.8 Å². The van der Waals surface area contributed by atoms with E-state index in [4.69, 9.17) is 4.74 Å². The molecule has 1 fully saturated rings. The van der Waals surface area contributed by atoms with E-state index in [1.54, 1.807) is 7.11 Å². The lowest BCUT2D eigenvalue weighted by molar-refractivity contribution is 0.0877. The molecule has 1 saturated carbocycles. The van der Waals surface area contributed by atoms with Crippen molar-refractivity contribution in [3.05, 3.63) is 65.7 Å². The summed E-state index contributed by atoms with van der Waals surface area (Å²) in [5, 5.41) is 11.1. The van der Waals surface area contributed by atoms with Crippen molar-refractivity contribution in [2.45, 2.75) is 18.4 Å². The summed E-state index contributed by atoms with van der Waals surface area (Å²) in [6, 6.07) is 7.45. The van der Waals surface area contributed by atoms with Gasteiger partial charge >= 0.3 is 0 Å². The van der Waals surface area contributed by atoms with Crippen LogP contribution in [0.4, 0.5) is 13.2 Å². The van der Waals surface area contributed by atoms with Crippen molar-refractivity contribution in [2.24, 2.45) is 0 Å². The highest BCUT2D eigenvalue weighted by atomic mass is 19.1. The van der Waals surface area contributed by atoms with E-state index in [1.807, 2.05) is 0 Å². The average molecular weight is 441 g/mol. The molecule has 32 heavy (non-hydrogen) atoms. The number of rotatable bonds is 6. The maximum atomic E-state index is 14.5. The molecule has 0 spiro atoms. The number of ether oxygens (including phenoxy) is 1. The molecule has 10 heteroatoms. The third-order valence-electron chi connectivity index (χ3n) is 5.54. The van der Waals surface area contributed by atoms with Gasteiger partial charge in [0, 0.05) is 24.1 Å². The van der Waals surface area contributed by atoms with Crippen LogP contribution in [0.3, 0.4) is 0 Å². The number of hydrogen-bond donors (Lipinski definition) is 2. The van der Waals surface area contributed by atoms with Crippen LogP contribution in [0, 0.1) is 17.5 Å². The molecular formula is C22H18F3N5O2. The summed E-state index contributed by atoms with van der Waals surface area (Å²) in [4.78, 5) is 15.6. The lowest BCUT2D eigenvalue weighted by Crippen LogP contribution is -2.40. The molecule has 0 atom stereocenters. The quantitative estimate of drug-likeness (QED) is 0.478. The maximum absolute atomic E-state index is 14.5. The largest absolute Gasteiger partial charge is 0.382 e. The number of carbonyl (C=O) groups is 1. The first-order chi connectivity index (χ1) is 15.4. The summed E-state index contributed by atoms with van der Waals surface area (Å²) in [6.45, 7) is 0.391. The summed E-state index contributed by atoms with van der Waals surface area (Å²) >= 11 is 0. The average Bonchev–Trinajstić information content (AvgIpc) is 3.17. The van der Waals surface area contributed by atoms with Crippen molar-refractivity contribution in [3.8, 4) is 16.9 Å². The van der Waals surface area contributed by atoms with E-state index in [-0.39, 0.29) is 22.3 Å². The molecule has 1 amide bonds. The van der Waals surface area contributed by atoms with Gasteiger partial charge in [-0.15, -0.1) is 5.10 Å². The number of carbonyl (C=O) groups excluding carboxylic acids is 1. The van der Waals surface area contributed by atoms with E-state index in [1.165, 1.54) is 35.1 Å². The Morgan fingerprint density at radius 1 is 1.19 bits per heavy atom. The highest BCUT2D eigenvalue weighted by molar-refractivity contribution is 5.97. The summed E-state index contributed by atoms with van der Waals surface area (Å²) in [5.74, 6) is -2.42. The standard InChI is InChI=1S/C22H18F3N5O2/c1-32-11-22(6-7-22)27-21(31)17-10-30(29-28-17)20-15-8-14(24)9-16(25)19(15)26-18(20)12-2-4-13(23)5-3-12/h2-5,8-10,26H,6-7,11H2,1H3,(H,27,31). The molecule has 0 radical (unpaired) electrons. The number of halogens is 3. The fraction of sp³-hybridized carbons (Fsp3) is 0.227. The summed E-state index contributed by atoms with van der Waals surface area (Å²) in [6.07, 6.45) is 2.99. The van der Waals surface area contributed by atoms with Crippen molar-refractivity contribution in [1.82, 2.24) is 25.3 Å². The minimum Gasteiger partial charge on any atom is -0.382 e. The zero-order chi connectivity index (χ0) is 22.5. The molecule has 2 aromatic heterocycles. The molecule has 1 aliphatic rings. The van der Waals surface area contributed by atoms with Gasteiger partial charge in [0.05, 0.1) is 35.2 Å². The van der Waals surface area contributed by atoms with E-state index in [9.17, 15) is 18.0 Å². The minimum atomic E-state index is -0.789. The Bertz CT molecular complexity index is 1330. The monoisotopic (exact) mass is 441 g/mol. The van der Waals surface area contributed by atoms with Gasteiger partial charge in [0.25, 0.3) is 5.91 Å². The van der Waals surface area contributed by atoms with Crippen LogP contribution in [-0.2, 0) is 4.74 Å². The Labute approximate surface area is 180 Å². The summed E-state index contributed by atoms with van der Waals surface area (Å²) in [5.41, 5.74) is 0.884. The number of fused-ring (bicyclic) bond motifs is 1. The number of H-pyrrole nitrogens is 1. The van der Waals surface area contributed by atoms with E-state index >= 15 is 0 Å². The molecule has 5 rings (SSSR count). The van der Waals surface area contributed by atoms with Crippen LogP contribution in [-0.4, -0.2) is 45.1 Å². The predicted molar refractivity (Wildman–Crippen MR) is 110 cm³/mol. The highest BCUT2D eigenvalue weighted by Crippen LogP contribution is 2.36. The number of methoxy groups -OCH3 is 1. The van der Waals surface area contributed by atoms with Crippen LogP contribution in [0.25, 0.3) is 27.8 Å². The molecule has 2 aromatic carbocycles. The van der Waals surface area contributed by atoms with Gasteiger partial charge in [-0.05, 0) is 43.2 Å². The summed E-state index contributed by atoms with van der Waals surface area (Å²) < 4.78 is 48.4. The molecule has 7 nitrogen and oxygen atoms in total. The van der Waals surface area contributed by atoms with Crippen LogP contribution in [0.5, 0.6) is 0 Å². The van der Waals surface area contributed by atoms with Crippen LogP contribution in [0.15, 0.2) is 42.6 Å². The van der Waals surface area contributed by atoms with Crippen molar-refractivity contribution in [1.29, 1.82) is 0 Å². The van der Waals surface area contributed by atoms with E-state index in [2.05, 4.69) is 20.6 Å². The van der Waals surface area contributed by atoms with Gasteiger partial charge in [-0.3, -0.25) is 4.79 Å². The number of aromatic nitrogens is 4. The number of nitrogens with zero attached hydrogens (tertiary/aromatic N) is 3. The highest BCUT2D eigenvalue weighted by Gasteiger charge is 2.44. The summed E-state index contributed by atoms with van der Waals surface area (Å²) in [7, 11) is 1.56. The van der Waals surface area contributed by atoms with Crippen LogP contribution < -0.4 is 5.32 Å². The maximum Gasteiger partial charge on any atom is 0.273 e. The molecule has 0 saturated heterocycles. The zero-order valence-electron chi connectivity index (χ0n) is 17.0. The van der Waals surface area contributed by atoms with Crippen molar-refractivity contribution in [3.63, 3.8) is 0 Å². The van der Waals surface area contributed by atoms with Gasteiger partial charge < -0.3 is 15.0 Å². The predicted octanol–water partition coefficient (Wildman–Crippen LogP) is 3.74. The lowest BCUT2D eigenvalue weighted by Gasteiger charge is -2.14. The normalized spacial score (nSPS) is 14.6. The number of amides is 1. The van der Waals surface area contributed by atoms with Gasteiger partial charge in [-0.25, -0.2) is 17.9 Å². The Balaban J connectivity index is 1.60. The minimum absolute atomic E-state index is 0.0451. The molecular weight excluding hydrogens is 423 g/mol. The van der Waals surface area contributed by atoms with E-state index < -0.39 is 28.9 Å². The SMILES string of the molecule is COCC1(NC(=O)c2cn(-c3c(-c4ccc(F)cc4)[nH]c4c(F)cc(F)cc34)nn2)CC1. The molecule has 0 bridgehead atoms. The fourth-order valence-electron chi connectivity index (χ4n) is 3.78. The van der Waals surface area contributed by atoms with Crippen LogP contribution in [0.2, 0.25) is 0 Å². The molecule has 2 N–H and O–H groups in total. The second kappa shape index (κ2) is 7.49. The van der Waals surface area contributed by atoms with Gasteiger partial charge in [0.1, 0.15) is 17.5 Å². The first kappa shape index (κ1) is 20.3. The Kier molecular flexibility index (Phi) is 4.74. The first-order valence-electron chi connectivity index (χ1n) is 9.90. The van der Waals surface area contributed by atoms with Gasteiger partial charge in [-0.2, -0.15) is 0 Å². The van der Waals surface area contributed by atoms with Gasteiger partial charge in [-0.1, -0.05) is 5.21 Å². The molecule has 2 heterocycles. The van der Waals surface area contributed by atoms with Gasteiger partial charge in [0.2, 0.25) is 0 Å². The number of nitrogens with one attached hydrogen (secondary N) is 2. The lowest BCUT2D eigenvalue weighted by atomic mass is 10.1. The molecule has 4 aromatic rings. The fourth-order valence-corrected chi connectivity index (χ4v) is 3.78. The number of aromatic amines is 1. The second-order valence-electron chi connectivity index (χ2n) is 7.88. The van der Waals surface area contributed by atoms with Crippen LogP contribution >= 0.6 is 0 Å². The van der Waals surface area contributed by atoms with E-state index in [0.29, 0.717) is 17.9 Å². The molecule has 0 unspecified atom stereocenters. The Morgan fingerprint density at radius 2 is 1.94 bits per heavy atom. The third-order valence-corrected chi connectivity index (χ3v) is 5.54. The molecule has 164 valence electrons. The van der Waals surface area contributed by atoms with Crippen LogP contribution in [0.1, 0.15) is 23.3 Å². The smallest absolute Gasteiger partial charge is 0.273 e. The Morgan fingerprint density at radius 3 is 2.62 bits per heavy atom. The second-order valence-corrected chi connectivity index (χ2v) is 7.88. The van der Waals surface area contributed by atoms with Gasteiger partial charge in [0.15, 0.2) is 5.69 Å². The Hall–Kier alpha value is -3.66. The number of benzene rings is 2. The molecule has 1 aliphatic carbocycles.